The Morgan fingerprint density at radius 3 is 1.42 bits per heavy atom. The third-order valence-electron chi connectivity index (χ3n) is 5.08. The summed E-state index contributed by atoms with van der Waals surface area (Å²) in [6.45, 7) is 2.57. The van der Waals surface area contributed by atoms with Crippen molar-refractivity contribution in [2.75, 3.05) is 6.54 Å². The molecule has 0 radical (unpaired) electrons. The number of carbonyl (C=O) groups is 2. The van der Waals surface area contributed by atoms with Gasteiger partial charge >= 0.3 is 11.9 Å². The highest BCUT2D eigenvalue weighted by Gasteiger charge is 2.19. The summed E-state index contributed by atoms with van der Waals surface area (Å²) in [6.07, 6.45) is 11.9. The van der Waals surface area contributed by atoms with E-state index in [1.165, 1.54) is 44.9 Å². The molecule has 0 aliphatic rings. The number of hydroxylamine groups is 2. The predicted octanol–water partition coefficient (Wildman–Crippen LogP) is 6.75. The van der Waals surface area contributed by atoms with Crippen molar-refractivity contribution < 1.29 is 19.3 Å². The van der Waals surface area contributed by atoms with Crippen LogP contribution < -0.4 is 0 Å². The van der Waals surface area contributed by atoms with Gasteiger partial charge in [-0.15, -0.1) is 0 Å². The van der Waals surface area contributed by atoms with Crippen LogP contribution in [0.1, 0.15) is 91.8 Å². The van der Waals surface area contributed by atoms with Crippen LogP contribution in [0.15, 0.2) is 60.7 Å². The van der Waals surface area contributed by atoms with Crippen LogP contribution in [0.25, 0.3) is 0 Å². The van der Waals surface area contributed by atoms with E-state index in [1.54, 1.807) is 48.5 Å². The molecule has 5 nitrogen and oxygen atoms in total. The molecule has 0 atom stereocenters. The minimum atomic E-state index is -0.548. The van der Waals surface area contributed by atoms with E-state index in [-0.39, 0.29) is 0 Å². The first kappa shape index (κ1) is 24.6. The van der Waals surface area contributed by atoms with Crippen LogP contribution in [0.2, 0.25) is 0 Å². The summed E-state index contributed by atoms with van der Waals surface area (Å²) >= 11 is 0. The van der Waals surface area contributed by atoms with Gasteiger partial charge in [0.05, 0.1) is 17.7 Å². The fraction of sp³-hybridized carbons (Fsp3) is 0.462. The number of nitrogens with zero attached hydrogens (tertiary/aromatic N) is 1. The SMILES string of the molecule is CCCCCCCCCCCCN(OC(=O)c1ccccc1)OC(=O)c1ccccc1. The van der Waals surface area contributed by atoms with Gasteiger partial charge in [0.2, 0.25) is 0 Å². The summed E-state index contributed by atoms with van der Waals surface area (Å²) in [7, 11) is 0. The highest BCUT2D eigenvalue weighted by molar-refractivity contribution is 5.90. The highest BCUT2D eigenvalue weighted by Crippen LogP contribution is 2.13. The molecule has 0 aliphatic heterocycles. The lowest BCUT2D eigenvalue weighted by Crippen LogP contribution is -2.31. The molecule has 0 heterocycles. The van der Waals surface area contributed by atoms with Crippen molar-refractivity contribution in [3.05, 3.63) is 71.8 Å². The molecule has 0 aromatic heterocycles. The van der Waals surface area contributed by atoms with Gasteiger partial charge in [0, 0.05) is 5.23 Å². The second-order valence-corrected chi connectivity index (χ2v) is 7.73. The van der Waals surface area contributed by atoms with Crippen molar-refractivity contribution in [3.63, 3.8) is 0 Å². The van der Waals surface area contributed by atoms with Crippen LogP contribution in [0, 0.1) is 0 Å². The van der Waals surface area contributed by atoms with Crippen molar-refractivity contribution >= 4 is 11.9 Å². The molecule has 168 valence electrons. The number of rotatable bonds is 15. The van der Waals surface area contributed by atoms with E-state index in [1.807, 2.05) is 12.1 Å². The fourth-order valence-electron chi connectivity index (χ4n) is 3.28. The number of hydrogen-bond donors (Lipinski definition) is 0. The minimum Gasteiger partial charge on any atom is -0.328 e. The topological polar surface area (TPSA) is 55.8 Å². The number of carbonyl (C=O) groups excluding carboxylic acids is 2. The summed E-state index contributed by atoms with van der Waals surface area (Å²) < 4.78 is 0. The molecule has 0 fully saturated rings. The average Bonchev–Trinajstić information content (AvgIpc) is 2.81. The Kier molecular flexibility index (Phi) is 12.1. The van der Waals surface area contributed by atoms with E-state index in [4.69, 9.17) is 9.68 Å². The first-order chi connectivity index (χ1) is 15.2. The average molecular weight is 426 g/mol. The van der Waals surface area contributed by atoms with E-state index >= 15 is 0 Å². The third-order valence-corrected chi connectivity index (χ3v) is 5.08. The normalized spacial score (nSPS) is 10.8. The molecule has 2 aromatic carbocycles. The first-order valence-corrected chi connectivity index (χ1v) is 11.5. The zero-order chi connectivity index (χ0) is 22.2. The maximum absolute atomic E-state index is 12.4. The molecular formula is C26H35NO4. The van der Waals surface area contributed by atoms with Gasteiger partial charge in [-0.25, -0.2) is 9.59 Å². The molecule has 0 N–H and O–H groups in total. The van der Waals surface area contributed by atoms with Crippen LogP contribution in [0.5, 0.6) is 0 Å². The Labute approximate surface area is 186 Å². The Morgan fingerprint density at radius 2 is 1.00 bits per heavy atom. The molecule has 31 heavy (non-hydrogen) atoms. The Balaban J connectivity index is 1.77. The summed E-state index contributed by atoms with van der Waals surface area (Å²) in [6, 6.07) is 17.4. The zero-order valence-electron chi connectivity index (χ0n) is 18.6. The van der Waals surface area contributed by atoms with E-state index in [2.05, 4.69) is 6.92 Å². The second-order valence-electron chi connectivity index (χ2n) is 7.73. The van der Waals surface area contributed by atoms with Crippen LogP contribution >= 0.6 is 0 Å². The smallest absolute Gasteiger partial charge is 0.328 e. The second kappa shape index (κ2) is 15.2. The van der Waals surface area contributed by atoms with Gasteiger partial charge in [0.25, 0.3) is 0 Å². The van der Waals surface area contributed by atoms with E-state index < -0.39 is 11.9 Å². The standard InChI is InChI=1S/C26H35NO4/c1-2-3-4-5-6-7-8-9-10-17-22-27(30-25(28)23-18-13-11-14-19-23)31-26(29)24-20-15-12-16-21-24/h11-16,18-21H,2-10,17,22H2,1H3. The van der Waals surface area contributed by atoms with Gasteiger partial charge in [0.1, 0.15) is 0 Å². The third kappa shape index (κ3) is 10.3. The summed E-state index contributed by atoms with van der Waals surface area (Å²) in [5, 5.41) is 1.02. The van der Waals surface area contributed by atoms with Gasteiger partial charge in [-0.3, -0.25) is 0 Å². The van der Waals surface area contributed by atoms with Gasteiger partial charge in [-0.2, -0.15) is 0 Å². The molecule has 2 aromatic rings. The molecule has 0 saturated carbocycles. The van der Waals surface area contributed by atoms with Gasteiger partial charge in [-0.1, -0.05) is 101 Å². The first-order valence-electron chi connectivity index (χ1n) is 11.5. The maximum atomic E-state index is 12.4. The molecule has 0 aliphatic carbocycles. The molecule has 0 unspecified atom stereocenters. The van der Waals surface area contributed by atoms with Crippen molar-refractivity contribution in [3.8, 4) is 0 Å². The molecule has 0 saturated heterocycles. The van der Waals surface area contributed by atoms with Crippen molar-refractivity contribution in [2.24, 2.45) is 0 Å². The lowest BCUT2D eigenvalue weighted by molar-refractivity contribution is -0.298. The Morgan fingerprint density at radius 1 is 0.613 bits per heavy atom. The van der Waals surface area contributed by atoms with Crippen LogP contribution in [-0.4, -0.2) is 23.7 Å². The van der Waals surface area contributed by atoms with E-state index in [0.717, 1.165) is 24.5 Å². The molecule has 0 amide bonds. The minimum absolute atomic E-state index is 0.341. The summed E-state index contributed by atoms with van der Waals surface area (Å²) in [4.78, 5) is 35.5. The van der Waals surface area contributed by atoms with E-state index in [9.17, 15) is 9.59 Å². The monoisotopic (exact) mass is 425 g/mol. The summed E-state index contributed by atoms with van der Waals surface area (Å²) in [5.41, 5.74) is 0.817. The molecule has 5 heteroatoms. The highest BCUT2D eigenvalue weighted by atomic mass is 17.0. The van der Waals surface area contributed by atoms with Crippen LogP contribution in [0.4, 0.5) is 0 Å². The molecule has 2 rings (SSSR count). The van der Waals surface area contributed by atoms with Crippen LogP contribution in [-0.2, 0) is 9.68 Å². The van der Waals surface area contributed by atoms with Gasteiger partial charge < -0.3 is 9.68 Å². The quantitative estimate of drug-likeness (QED) is 0.233. The largest absolute Gasteiger partial charge is 0.360 e. The van der Waals surface area contributed by atoms with E-state index in [0.29, 0.717) is 17.7 Å². The molecule has 0 spiro atoms. The Hall–Kier alpha value is -2.66. The van der Waals surface area contributed by atoms with Crippen molar-refractivity contribution in [1.29, 1.82) is 0 Å². The lowest BCUT2D eigenvalue weighted by Gasteiger charge is -2.19. The predicted molar refractivity (Wildman–Crippen MR) is 122 cm³/mol. The number of unbranched alkanes of at least 4 members (excludes halogenated alkanes) is 9. The van der Waals surface area contributed by atoms with Crippen molar-refractivity contribution in [2.45, 2.75) is 71.1 Å². The van der Waals surface area contributed by atoms with Gasteiger partial charge in [0.15, 0.2) is 0 Å². The maximum Gasteiger partial charge on any atom is 0.360 e. The fourth-order valence-corrected chi connectivity index (χ4v) is 3.28. The zero-order valence-corrected chi connectivity index (χ0v) is 18.6. The number of hydrogen-bond acceptors (Lipinski definition) is 5. The molecular weight excluding hydrogens is 390 g/mol. The lowest BCUT2D eigenvalue weighted by atomic mass is 10.1. The molecule has 0 bridgehead atoms. The van der Waals surface area contributed by atoms with Crippen LogP contribution in [0.3, 0.4) is 0 Å². The Bertz CT molecular complexity index is 695. The number of benzene rings is 2. The van der Waals surface area contributed by atoms with Crippen molar-refractivity contribution in [1.82, 2.24) is 5.23 Å². The summed E-state index contributed by atoms with van der Waals surface area (Å²) in [5.74, 6) is -1.10. The van der Waals surface area contributed by atoms with Gasteiger partial charge in [-0.05, 0) is 30.7 Å².